The first-order valence-electron chi connectivity index (χ1n) is 5.65. The first kappa shape index (κ1) is 12.1. The van der Waals surface area contributed by atoms with Crippen molar-refractivity contribution in [1.82, 2.24) is 4.98 Å². The number of rotatable bonds is 4. The fourth-order valence-corrected chi connectivity index (χ4v) is 1.97. The fraction of sp³-hybridized carbons (Fsp3) is 0.214. The van der Waals surface area contributed by atoms with Crippen molar-refractivity contribution < 1.29 is 0 Å². The number of halogens is 1. The van der Waals surface area contributed by atoms with Gasteiger partial charge in [0.1, 0.15) is 0 Å². The molecule has 0 unspecified atom stereocenters. The smallest absolute Gasteiger partial charge is 0.0934 e. The van der Waals surface area contributed by atoms with E-state index in [1.54, 1.807) is 0 Å². The van der Waals surface area contributed by atoms with Gasteiger partial charge in [0, 0.05) is 22.6 Å². The number of nitrogens with one attached hydrogen (secondary N) is 1. The van der Waals surface area contributed by atoms with Crippen LogP contribution in [0.5, 0.6) is 0 Å². The summed E-state index contributed by atoms with van der Waals surface area (Å²) >= 11 is 3.43. The Morgan fingerprint density at radius 1 is 1.47 bits per heavy atom. The molecule has 0 spiro atoms. The molecule has 0 radical (unpaired) electrons. The molecule has 0 aliphatic carbocycles. The van der Waals surface area contributed by atoms with Gasteiger partial charge in [-0.25, -0.2) is 0 Å². The Labute approximate surface area is 110 Å². The molecule has 1 heterocycles. The van der Waals surface area contributed by atoms with Crippen molar-refractivity contribution in [2.75, 3.05) is 11.9 Å². The average Bonchev–Trinajstić information content (AvgIpc) is 2.35. The standard InChI is InChI=1S/C14H15BrN2/c1-3-10(2)8-16-13-6-4-5-11-7-12(15)9-17-14(11)13/h4-7,9,16H,2-3,8H2,1H3. The molecular weight excluding hydrogens is 276 g/mol. The van der Waals surface area contributed by atoms with Crippen LogP contribution in [0.15, 0.2) is 47.1 Å². The Balaban J connectivity index is 2.31. The maximum atomic E-state index is 4.45. The zero-order valence-electron chi connectivity index (χ0n) is 9.83. The Bertz CT molecular complexity index is 549. The van der Waals surface area contributed by atoms with Crippen molar-refractivity contribution in [2.24, 2.45) is 0 Å². The summed E-state index contributed by atoms with van der Waals surface area (Å²) in [5.41, 5.74) is 3.25. The normalized spacial score (nSPS) is 10.5. The second-order valence-electron chi connectivity index (χ2n) is 3.99. The number of hydrogen-bond donors (Lipinski definition) is 1. The number of fused-ring (bicyclic) bond motifs is 1. The van der Waals surface area contributed by atoms with Gasteiger partial charge in [0.15, 0.2) is 0 Å². The van der Waals surface area contributed by atoms with Gasteiger partial charge in [-0.05, 0) is 34.5 Å². The number of hydrogen-bond acceptors (Lipinski definition) is 2. The maximum Gasteiger partial charge on any atom is 0.0934 e. The highest BCUT2D eigenvalue weighted by Crippen LogP contribution is 2.24. The molecule has 2 rings (SSSR count). The lowest BCUT2D eigenvalue weighted by Gasteiger charge is -2.10. The lowest BCUT2D eigenvalue weighted by atomic mass is 10.2. The van der Waals surface area contributed by atoms with Crippen LogP contribution in [0.2, 0.25) is 0 Å². The van der Waals surface area contributed by atoms with Gasteiger partial charge in [-0.2, -0.15) is 0 Å². The van der Waals surface area contributed by atoms with Gasteiger partial charge in [0.05, 0.1) is 11.2 Å². The van der Waals surface area contributed by atoms with E-state index in [9.17, 15) is 0 Å². The van der Waals surface area contributed by atoms with Crippen LogP contribution in [-0.2, 0) is 0 Å². The van der Waals surface area contributed by atoms with Gasteiger partial charge in [-0.15, -0.1) is 0 Å². The second-order valence-corrected chi connectivity index (χ2v) is 4.90. The molecule has 1 aromatic carbocycles. The summed E-state index contributed by atoms with van der Waals surface area (Å²) < 4.78 is 1.00. The molecule has 0 atom stereocenters. The van der Waals surface area contributed by atoms with Crippen molar-refractivity contribution >= 4 is 32.5 Å². The van der Waals surface area contributed by atoms with Crippen LogP contribution in [0.25, 0.3) is 10.9 Å². The van der Waals surface area contributed by atoms with Crippen molar-refractivity contribution in [2.45, 2.75) is 13.3 Å². The number of aromatic nitrogens is 1. The van der Waals surface area contributed by atoms with Crippen LogP contribution in [-0.4, -0.2) is 11.5 Å². The maximum absolute atomic E-state index is 4.45. The predicted molar refractivity (Wildman–Crippen MR) is 77.4 cm³/mol. The largest absolute Gasteiger partial charge is 0.380 e. The van der Waals surface area contributed by atoms with E-state index in [1.165, 1.54) is 5.57 Å². The third kappa shape index (κ3) is 2.86. The molecule has 88 valence electrons. The van der Waals surface area contributed by atoms with Crippen molar-refractivity contribution in [1.29, 1.82) is 0 Å². The average molecular weight is 291 g/mol. The molecule has 0 fully saturated rings. The second kappa shape index (κ2) is 5.32. The summed E-state index contributed by atoms with van der Waals surface area (Å²) in [6, 6.07) is 8.22. The summed E-state index contributed by atoms with van der Waals surface area (Å²) in [6.45, 7) is 6.90. The molecule has 0 saturated heterocycles. The highest BCUT2D eigenvalue weighted by Gasteiger charge is 2.02. The van der Waals surface area contributed by atoms with E-state index >= 15 is 0 Å². The summed E-state index contributed by atoms with van der Waals surface area (Å²) in [5, 5.41) is 4.51. The van der Waals surface area contributed by atoms with Gasteiger partial charge in [0.2, 0.25) is 0 Å². The zero-order chi connectivity index (χ0) is 12.3. The van der Waals surface area contributed by atoms with Crippen LogP contribution >= 0.6 is 15.9 Å². The van der Waals surface area contributed by atoms with Crippen molar-refractivity contribution in [3.8, 4) is 0 Å². The molecule has 1 N–H and O–H groups in total. The molecule has 0 bridgehead atoms. The Hall–Kier alpha value is -1.35. The lowest BCUT2D eigenvalue weighted by molar-refractivity contribution is 1.05. The third-order valence-electron chi connectivity index (χ3n) is 2.71. The number of pyridine rings is 1. The quantitative estimate of drug-likeness (QED) is 0.846. The van der Waals surface area contributed by atoms with E-state index < -0.39 is 0 Å². The number of para-hydroxylation sites is 1. The van der Waals surface area contributed by atoms with Gasteiger partial charge >= 0.3 is 0 Å². The highest BCUT2D eigenvalue weighted by atomic mass is 79.9. The van der Waals surface area contributed by atoms with Crippen LogP contribution in [0.1, 0.15) is 13.3 Å². The summed E-state index contributed by atoms with van der Waals surface area (Å²) in [4.78, 5) is 4.45. The molecule has 2 nitrogen and oxygen atoms in total. The minimum Gasteiger partial charge on any atom is -0.380 e. The van der Waals surface area contributed by atoms with Crippen molar-refractivity contribution in [3.05, 3.63) is 47.1 Å². The monoisotopic (exact) mass is 290 g/mol. The lowest BCUT2D eigenvalue weighted by Crippen LogP contribution is -2.04. The molecule has 0 aliphatic heterocycles. The Kier molecular flexibility index (Phi) is 3.79. The molecule has 0 amide bonds. The summed E-state index contributed by atoms with van der Waals surface area (Å²) in [7, 11) is 0. The van der Waals surface area contributed by atoms with E-state index in [-0.39, 0.29) is 0 Å². The van der Waals surface area contributed by atoms with Crippen molar-refractivity contribution in [3.63, 3.8) is 0 Å². The molecule has 17 heavy (non-hydrogen) atoms. The van der Waals surface area contributed by atoms with E-state index in [2.05, 4.69) is 51.9 Å². The first-order chi connectivity index (χ1) is 8.20. The molecule has 0 saturated carbocycles. The highest BCUT2D eigenvalue weighted by molar-refractivity contribution is 9.10. The Morgan fingerprint density at radius 3 is 3.06 bits per heavy atom. The summed E-state index contributed by atoms with van der Waals surface area (Å²) in [5.74, 6) is 0. The van der Waals surface area contributed by atoms with E-state index in [0.717, 1.165) is 34.0 Å². The van der Waals surface area contributed by atoms with Gasteiger partial charge in [-0.3, -0.25) is 4.98 Å². The van der Waals surface area contributed by atoms with Crippen LogP contribution in [0, 0.1) is 0 Å². The number of nitrogens with zero attached hydrogens (tertiary/aromatic N) is 1. The molecule has 0 aliphatic rings. The molecular formula is C14H15BrN2. The van der Waals surface area contributed by atoms with E-state index in [4.69, 9.17) is 0 Å². The van der Waals surface area contributed by atoms with Gasteiger partial charge < -0.3 is 5.32 Å². The van der Waals surface area contributed by atoms with Gasteiger partial charge in [-0.1, -0.05) is 31.2 Å². The third-order valence-corrected chi connectivity index (χ3v) is 3.14. The summed E-state index contributed by atoms with van der Waals surface area (Å²) in [6.07, 6.45) is 2.82. The fourth-order valence-electron chi connectivity index (χ4n) is 1.62. The van der Waals surface area contributed by atoms with Crippen LogP contribution in [0.3, 0.4) is 0 Å². The minimum atomic E-state index is 0.799. The minimum absolute atomic E-state index is 0.799. The SMILES string of the molecule is C=C(CC)CNc1cccc2cc(Br)cnc12. The van der Waals surface area contributed by atoms with Crippen LogP contribution < -0.4 is 5.32 Å². The topological polar surface area (TPSA) is 24.9 Å². The molecule has 1 aromatic heterocycles. The molecule has 3 heteroatoms. The van der Waals surface area contributed by atoms with E-state index in [1.807, 2.05) is 18.3 Å². The number of anilines is 1. The van der Waals surface area contributed by atoms with E-state index in [0.29, 0.717) is 0 Å². The molecule has 2 aromatic rings. The Morgan fingerprint density at radius 2 is 2.29 bits per heavy atom. The first-order valence-corrected chi connectivity index (χ1v) is 6.45. The zero-order valence-corrected chi connectivity index (χ0v) is 11.4. The number of benzene rings is 1. The van der Waals surface area contributed by atoms with Gasteiger partial charge in [0.25, 0.3) is 0 Å². The van der Waals surface area contributed by atoms with Crippen LogP contribution in [0.4, 0.5) is 5.69 Å². The predicted octanol–water partition coefficient (Wildman–Crippen LogP) is 4.38.